The number of hydrogen-bond donors (Lipinski definition) is 1. The van der Waals surface area contributed by atoms with Crippen LogP contribution < -0.4 is 5.32 Å². The van der Waals surface area contributed by atoms with E-state index in [1.165, 1.54) is 4.90 Å². The minimum absolute atomic E-state index is 0.170. The molecule has 0 radical (unpaired) electrons. The van der Waals surface area contributed by atoms with E-state index in [2.05, 4.69) is 5.32 Å². The topological polar surface area (TPSA) is 90.3 Å². The van der Waals surface area contributed by atoms with Crippen LogP contribution in [0.2, 0.25) is 0 Å². The summed E-state index contributed by atoms with van der Waals surface area (Å²) >= 11 is 0. The molecule has 0 spiro atoms. The molecule has 4 rings (SSSR count). The average molecular weight is 383 g/mol. The minimum Gasteiger partial charge on any atom is -0.326 e. The van der Waals surface area contributed by atoms with E-state index in [-0.39, 0.29) is 30.7 Å². The van der Waals surface area contributed by atoms with E-state index < -0.39 is 0 Å². The maximum Gasteiger partial charge on any atom is 0.261 e. The average Bonchev–Trinajstić information content (AvgIpc) is 2.74. The van der Waals surface area contributed by atoms with Crippen LogP contribution in [-0.4, -0.2) is 29.2 Å². The summed E-state index contributed by atoms with van der Waals surface area (Å²) in [5.74, 6) is -0.868. The monoisotopic (exact) mass is 383 g/mol. The van der Waals surface area contributed by atoms with E-state index in [1.54, 1.807) is 48.5 Å². The molecule has 1 N–H and O–H groups in total. The Morgan fingerprint density at radius 1 is 0.931 bits per heavy atom. The Morgan fingerprint density at radius 2 is 1.55 bits per heavy atom. The highest BCUT2D eigenvalue weighted by molar-refractivity contribution is 6.25. The molecule has 29 heavy (non-hydrogen) atoms. The third kappa shape index (κ3) is 3.46. The van der Waals surface area contributed by atoms with E-state index in [1.807, 2.05) is 18.2 Å². The highest BCUT2D eigenvalue weighted by atomic mass is 16.2. The van der Waals surface area contributed by atoms with Gasteiger partial charge in [-0.2, -0.15) is 5.26 Å². The number of anilines is 1. The molecule has 3 aromatic rings. The van der Waals surface area contributed by atoms with Gasteiger partial charge in [0.15, 0.2) is 0 Å². The van der Waals surface area contributed by atoms with Gasteiger partial charge in [0.2, 0.25) is 5.91 Å². The molecule has 3 aromatic carbocycles. The van der Waals surface area contributed by atoms with Gasteiger partial charge < -0.3 is 5.32 Å². The second-order valence-electron chi connectivity index (χ2n) is 6.81. The predicted octanol–water partition coefficient (Wildman–Crippen LogP) is 3.73. The predicted molar refractivity (Wildman–Crippen MR) is 108 cm³/mol. The lowest BCUT2D eigenvalue weighted by Crippen LogP contribution is -2.41. The molecule has 3 amide bonds. The lowest BCUT2D eigenvalue weighted by Gasteiger charge is -2.27. The van der Waals surface area contributed by atoms with Crippen LogP contribution in [-0.2, 0) is 4.79 Å². The second kappa shape index (κ2) is 7.56. The normalized spacial score (nSPS) is 12.7. The summed E-state index contributed by atoms with van der Waals surface area (Å²) in [5, 5.41) is 13.1. The Kier molecular flexibility index (Phi) is 4.80. The highest BCUT2D eigenvalue weighted by Crippen LogP contribution is 2.30. The molecule has 1 heterocycles. The smallest absolute Gasteiger partial charge is 0.261 e. The summed E-state index contributed by atoms with van der Waals surface area (Å²) in [6, 6.07) is 19.4. The summed E-state index contributed by atoms with van der Waals surface area (Å²) in [6.07, 6.45) is 0.528. The van der Waals surface area contributed by atoms with E-state index >= 15 is 0 Å². The molecule has 6 nitrogen and oxygen atoms in total. The Hall–Kier alpha value is -3.98. The van der Waals surface area contributed by atoms with Gasteiger partial charge in [0.25, 0.3) is 11.8 Å². The first-order valence-corrected chi connectivity index (χ1v) is 9.26. The van der Waals surface area contributed by atoms with Crippen molar-refractivity contribution in [1.82, 2.24) is 4.90 Å². The fraction of sp³-hybridized carbons (Fsp3) is 0.130. The third-order valence-corrected chi connectivity index (χ3v) is 4.94. The van der Waals surface area contributed by atoms with Crippen LogP contribution >= 0.6 is 0 Å². The first kappa shape index (κ1) is 18.4. The molecule has 0 saturated heterocycles. The van der Waals surface area contributed by atoms with Crippen molar-refractivity contribution in [2.75, 3.05) is 11.9 Å². The summed E-state index contributed by atoms with van der Waals surface area (Å²) < 4.78 is 0. The van der Waals surface area contributed by atoms with Crippen molar-refractivity contribution in [3.05, 3.63) is 77.4 Å². The lowest BCUT2D eigenvalue weighted by atomic mass is 9.94. The van der Waals surface area contributed by atoms with Crippen molar-refractivity contribution in [3.8, 4) is 6.07 Å². The zero-order valence-corrected chi connectivity index (χ0v) is 15.5. The molecule has 0 aliphatic carbocycles. The van der Waals surface area contributed by atoms with Crippen LogP contribution in [0, 0.1) is 11.3 Å². The van der Waals surface area contributed by atoms with Crippen LogP contribution in [0.1, 0.15) is 39.1 Å². The molecule has 0 fully saturated rings. The number of benzene rings is 3. The van der Waals surface area contributed by atoms with E-state index in [9.17, 15) is 14.4 Å². The maximum atomic E-state index is 12.8. The molecular formula is C23H17N3O3. The van der Waals surface area contributed by atoms with E-state index in [4.69, 9.17) is 5.26 Å². The van der Waals surface area contributed by atoms with Gasteiger partial charge in [-0.1, -0.05) is 24.3 Å². The van der Waals surface area contributed by atoms with Crippen LogP contribution in [0.5, 0.6) is 0 Å². The van der Waals surface area contributed by atoms with Crippen molar-refractivity contribution >= 4 is 34.2 Å². The van der Waals surface area contributed by atoms with Gasteiger partial charge in [-0.25, -0.2) is 0 Å². The second-order valence-corrected chi connectivity index (χ2v) is 6.81. The number of amides is 3. The zero-order chi connectivity index (χ0) is 20.4. The van der Waals surface area contributed by atoms with E-state index in [0.717, 1.165) is 5.39 Å². The van der Waals surface area contributed by atoms with Gasteiger partial charge in [-0.15, -0.1) is 0 Å². The Labute approximate surface area is 167 Å². The minimum atomic E-state index is -0.327. The quantitative estimate of drug-likeness (QED) is 0.680. The molecular weight excluding hydrogens is 366 g/mol. The Balaban J connectivity index is 1.41. The molecule has 1 aliphatic rings. The van der Waals surface area contributed by atoms with Crippen LogP contribution in [0.4, 0.5) is 5.69 Å². The molecule has 6 heteroatoms. The van der Waals surface area contributed by atoms with Gasteiger partial charge in [0.1, 0.15) is 0 Å². The van der Waals surface area contributed by atoms with Crippen molar-refractivity contribution in [3.63, 3.8) is 0 Å². The number of carbonyl (C=O) groups excluding carboxylic acids is 3. The van der Waals surface area contributed by atoms with Gasteiger partial charge in [0.05, 0.1) is 11.6 Å². The number of nitrogens with zero attached hydrogens (tertiary/aromatic N) is 2. The number of imide groups is 1. The lowest BCUT2D eigenvalue weighted by molar-refractivity contribution is -0.116. The largest absolute Gasteiger partial charge is 0.326 e. The first-order chi connectivity index (χ1) is 14.1. The highest BCUT2D eigenvalue weighted by Gasteiger charge is 2.32. The first-order valence-electron chi connectivity index (χ1n) is 9.26. The van der Waals surface area contributed by atoms with Crippen molar-refractivity contribution in [2.45, 2.75) is 12.8 Å². The number of carbonyl (C=O) groups is 3. The summed E-state index contributed by atoms with van der Waals surface area (Å²) in [4.78, 5) is 39.0. The van der Waals surface area contributed by atoms with Crippen LogP contribution in [0.15, 0.2) is 60.7 Å². The van der Waals surface area contributed by atoms with Gasteiger partial charge in [0, 0.05) is 35.2 Å². The standard InChI is InChI=1S/C23H17N3O3/c24-14-15-9-11-17(12-10-15)25-20(27)8-3-13-26-22(28)18-6-1-4-16-5-2-7-19(21(16)18)23(26)29/h1-2,4-7,9-12H,3,8,13H2,(H,25,27). The van der Waals surface area contributed by atoms with Crippen LogP contribution in [0.25, 0.3) is 10.8 Å². The van der Waals surface area contributed by atoms with Crippen molar-refractivity contribution in [2.24, 2.45) is 0 Å². The van der Waals surface area contributed by atoms with Gasteiger partial charge in [-0.05, 0) is 48.2 Å². The maximum absolute atomic E-state index is 12.8. The molecule has 0 aromatic heterocycles. The number of nitrogens with one attached hydrogen (secondary N) is 1. The molecule has 0 atom stereocenters. The fourth-order valence-electron chi connectivity index (χ4n) is 3.53. The molecule has 0 bridgehead atoms. The molecule has 1 aliphatic heterocycles. The Bertz CT molecular complexity index is 1130. The Morgan fingerprint density at radius 3 is 2.14 bits per heavy atom. The van der Waals surface area contributed by atoms with Crippen molar-refractivity contribution in [1.29, 1.82) is 5.26 Å². The molecule has 0 unspecified atom stereocenters. The van der Waals surface area contributed by atoms with Crippen LogP contribution in [0.3, 0.4) is 0 Å². The number of rotatable bonds is 5. The molecule has 142 valence electrons. The third-order valence-electron chi connectivity index (χ3n) is 4.94. The fourth-order valence-corrected chi connectivity index (χ4v) is 3.53. The van der Waals surface area contributed by atoms with Gasteiger partial charge in [-0.3, -0.25) is 19.3 Å². The summed E-state index contributed by atoms with van der Waals surface area (Å²) in [7, 11) is 0. The van der Waals surface area contributed by atoms with Crippen molar-refractivity contribution < 1.29 is 14.4 Å². The SMILES string of the molecule is N#Cc1ccc(NC(=O)CCCN2C(=O)c3cccc4cccc(c34)C2=O)cc1. The summed E-state index contributed by atoms with van der Waals surface area (Å²) in [6.45, 7) is 0.170. The molecule has 0 saturated carbocycles. The van der Waals surface area contributed by atoms with E-state index in [0.29, 0.717) is 34.2 Å². The summed E-state index contributed by atoms with van der Waals surface area (Å²) in [5.41, 5.74) is 2.14. The zero-order valence-electron chi connectivity index (χ0n) is 15.5. The number of hydrogen-bond acceptors (Lipinski definition) is 4. The van der Waals surface area contributed by atoms with Gasteiger partial charge >= 0.3 is 0 Å². The number of nitriles is 1.